The monoisotopic (exact) mass is 489 g/mol. The van der Waals surface area contributed by atoms with Crippen LogP contribution in [-0.4, -0.2) is 63.1 Å². The molecule has 0 aliphatic carbocycles. The molecule has 0 atom stereocenters. The van der Waals surface area contributed by atoms with Gasteiger partial charge in [-0.2, -0.15) is 0 Å². The Morgan fingerprint density at radius 3 is 1.97 bits per heavy atom. The largest absolute Gasteiger partial charge is 0.336 e. The number of carbonyl (C=O) groups is 1. The van der Waals surface area contributed by atoms with Gasteiger partial charge in [-0.05, 0) is 47.7 Å². The third-order valence-corrected chi connectivity index (χ3v) is 8.18. The molecular weight excluding hydrogens is 458 g/mol. The van der Waals surface area contributed by atoms with Crippen LogP contribution in [0.25, 0.3) is 0 Å². The molecule has 6 nitrogen and oxygen atoms in total. The highest BCUT2D eigenvalue weighted by molar-refractivity contribution is 7.92. The summed E-state index contributed by atoms with van der Waals surface area (Å²) in [4.78, 5) is 17.7. The number of amides is 1. The average Bonchev–Trinajstić information content (AvgIpc) is 2.89. The third kappa shape index (κ3) is 4.97. The van der Waals surface area contributed by atoms with Crippen molar-refractivity contribution in [1.29, 1.82) is 0 Å². The Bertz CT molecular complexity index is 1250. The number of fused-ring (bicyclic) bond motifs is 1. The van der Waals surface area contributed by atoms with Crippen molar-refractivity contribution in [2.75, 3.05) is 43.3 Å². The number of hydrogen-bond donors (Lipinski definition) is 0. The number of nitrogens with zero attached hydrogens (tertiary/aromatic N) is 3. The first-order valence-corrected chi connectivity index (χ1v) is 14.0. The van der Waals surface area contributed by atoms with E-state index < -0.39 is 10.0 Å². The van der Waals surface area contributed by atoms with Crippen molar-refractivity contribution in [1.82, 2.24) is 9.80 Å². The number of rotatable bonds is 5. The van der Waals surface area contributed by atoms with Gasteiger partial charge in [0, 0.05) is 38.3 Å². The number of sulfonamides is 1. The number of piperazine rings is 1. The van der Waals surface area contributed by atoms with Crippen LogP contribution in [0.15, 0.2) is 78.9 Å². The molecule has 3 aromatic rings. The lowest BCUT2D eigenvalue weighted by Gasteiger charge is -2.40. The first kappa shape index (κ1) is 23.6. The van der Waals surface area contributed by atoms with Gasteiger partial charge < -0.3 is 4.90 Å². The van der Waals surface area contributed by atoms with Gasteiger partial charge in [0.25, 0.3) is 5.91 Å². The molecule has 5 rings (SSSR count). The average molecular weight is 490 g/mol. The Morgan fingerprint density at radius 1 is 0.800 bits per heavy atom. The summed E-state index contributed by atoms with van der Waals surface area (Å²) in [7, 11) is -3.32. The lowest BCUT2D eigenvalue weighted by atomic mass is 9.96. The van der Waals surface area contributed by atoms with E-state index >= 15 is 0 Å². The topological polar surface area (TPSA) is 60.9 Å². The van der Waals surface area contributed by atoms with Crippen molar-refractivity contribution in [2.45, 2.75) is 18.9 Å². The van der Waals surface area contributed by atoms with E-state index in [-0.39, 0.29) is 11.9 Å². The first-order chi connectivity index (χ1) is 16.9. The molecule has 2 aliphatic rings. The minimum Gasteiger partial charge on any atom is -0.336 e. The maximum Gasteiger partial charge on any atom is 0.253 e. The molecule has 1 fully saturated rings. The quantitative estimate of drug-likeness (QED) is 0.545. The molecule has 0 N–H and O–H groups in total. The Morgan fingerprint density at radius 2 is 1.40 bits per heavy atom. The van der Waals surface area contributed by atoms with Gasteiger partial charge in [-0.3, -0.25) is 14.0 Å². The van der Waals surface area contributed by atoms with Crippen LogP contribution in [0, 0.1) is 0 Å². The van der Waals surface area contributed by atoms with E-state index in [1.807, 2.05) is 23.1 Å². The fraction of sp³-hybridized carbons (Fsp3) is 0.321. The van der Waals surface area contributed by atoms with Crippen LogP contribution in [0.3, 0.4) is 0 Å². The van der Waals surface area contributed by atoms with Crippen molar-refractivity contribution >= 4 is 21.6 Å². The maximum absolute atomic E-state index is 13.4. The molecule has 2 heterocycles. The first-order valence-electron chi connectivity index (χ1n) is 12.2. The van der Waals surface area contributed by atoms with Crippen LogP contribution in [0.1, 0.15) is 39.5 Å². The number of hydrogen-bond acceptors (Lipinski definition) is 4. The van der Waals surface area contributed by atoms with E-state index in [0.717, 1.165) is 31.5 Å². The van der Waals surface area contributed by atoms with E-state index in [1.165, 1.54) is 21.7 Å². The highest BCUT2D eigenvalue weighted by atomic mass is 32.2. The summed E-state index contributed by atoms with van der Waals surface area (Å²) in [5.41, 5.74) is 4.77. The molecule has 7 heteroatoms. The fourth-order valence-corrected chi connectivity index (χ4v) is 6.29. The highest BCUT2D eigenvalue weighted by Gasteiger charge is 2.30. The Labute approximate surface area is 207 Å². The van der Waals surface area contributed by atoms with E-state index in [0.29, 0.717) is 30.9 Å². The molecule has 0 saturated carbocycles. The summed E-state index contributed by atoms with van der Waals surface area (Å²) < 4.78 is 25.8. The van der Waals surface area contributed by atoms with E-state index in [9.17, 15) is 13.2 Å². The van der Waals surface area contributed by atoms with Crippen molar-refractivity contribution in [3.8, 4) is 0 Å². The van der Waals surface area contributed by atoms with E-state index in [4.69, 9.17) is 0 Å². The van der Waals surface area contributed by atoms with Crippen molar-refractivity contribution in [2.24, 2.45) is 0 Å². The summed E-state index contributed by atoms with van der Waals surface area (Å²) in [5, 5.41) is 0. The van der Waals surface area contributed by atoms with E-state index in [1.54, 1.807) is 12.1 Å². The van der Waals surface area contributed by atoms with Crippen LogP contribution in [0.2, 0.25) is 0 Å². The zero-order valence-electron chi connectivity index (χ0n) is 20.0. The summed E-state index contributed by atoms with van der Waals surface area (Å²) in [6.45, 7) is 3.37. The maximum atomic E-state index is 13.4. The second-order valence-corrected chi connectivity index (χ2v) is 11.2. The molecule has 182 valence electrons. The Hall–Kier alpha value is -3.16. The summed E-state index contributed by atoms with van der Waals surface area (Å²) >= 11 is 0. The van der Waals surface area contributed by atoms with Gasteiger partial charge in [0.05, 0.1) is 18.0 Å². The van der Waals surface area contributed by atoms with Crippen LogP contribution in [0.4, 0.5) is 5.69 Å². The molecule has 0 spiro atoms. The zero-order chi connectivity index (χ0) is 24.4. The lowest BCUT2D eigenvalue weighted by molar-refractivity contribution is 0.0597. The van der Waals surface area contributed by atoms with Gasteiger partial charge in [0.1, 0.15) is 0 Å². The predicted molar refractivity (Wildman–Crippen MR) is 139 cm³/mol. The molecule has 1 saturated heterocycles. The minimum atomic E-state index is -3.32. The standard InChI is InChI=1S/C28H31N3O3S/c1-35(33,34)31-16-8-13-24-21-25(14-15-26(24)31)28(32)30-19-17-29(18-20-30)27(22-9-4-2-5-10-22)23-11-6-3-7-12-23/h2-7,9-12,14-15,21,27H,8,13,16-20H2,1H3. The molecule has 0 unspecified atom stereocenters. The Kier molecular flexibility index (Phi) is 6.62. The summed E-state index contributed by atoms with van der Waals surface area (Å²) in [6.07, 6.45) is 2.78. The zero-order valence-corrected chi connectivity index (χ0v) is 20.8. The lowest BCUT2D eigenvalue weighted by Crippen LogP contribution is -2.49. The molecule has 35 heavy (non-hydrogen) atoms. The van der Waals surface area contributed by atoms with Crippen molar-refractivity contribution in [3.63, 3.8) is 0 Å². The second kappa shape index (κ2) is 9.84. The van der Waals surface area contributed by atoms with Gasteiger partial charge in [0.2, 0.25) is 10.0 Å². The number of anilines is 1. The van der Waals surface area contributed by atoms with Gasteiger partial charge >= 0.3 is 0 Å². The van der Waals surface area contributed by atoms with Gasteiger partial charge in [-0.15, -0.1) is 0 Å². The van der Waals surface area contributed by atoms with Crippen molar-refractivity contribution < 1.29 is 13.2 Å². The summed E-state index contributed by atoms with van der Waals surface area (Å²) in [6, 6.07) is 26.7. The van der Waals surface area contributed by atoms with Crippen LogP contribution >= 0.6 is 0 Å². The molecule has 3 aromatic carbocycles. The van der Waals surface area contributed by atoms with Crippen LogP contribution in [-0.2, 0) is 16.4 Å². The fourth-order valence-electron chi connectivity index (χ4n) is 5.29. The van der Waals surface area contributed by atoms with E-state index in [2.05, 4.69) is 53.4 Å². The smallest absolute Gasteiger partial charge is 0.253 e. The summed E-state index contributed by atoms with van der Waals surface area (Å²) in [5.74, 6) is 0.0138. The number of carbonyl (C=O) groups excluding carboxylic acids is 1. The minimum absolute atomic E-state index is 0.0138. The van der Waals surface area contributed by atoms with Crippen LogP contribution in [0.5, 0.6) is 0 Å². The molecule has 0 aromatic heterocycles. The normalized spacial score (nSPS) is 16.9. The third-order valence-electron chi connectivity index (χ3n) is 7.00. The molecule has 1 amide bonds. The van der Waals surface area contributed by atoms with Gasteiger partial charge in [-0.1, -0.05) is 60.7 Å². The van der Waals surface area contributed by atoms with Crippen LogP contribution < -0.4 is 4.31 Å². The van der Waals surface area contributed by atoms with Gasteiger partial charge in [0.15, 0.2) is 0 Å². The SMILES string of the molecule is CS(=O)(=O)N1CCCc2cc(C(=O)N3CCN(C(c4ccccc4)c4ccccc4)CC3)ccc21. The second-order valence-electron chi connectivity index (χ2n) is 9.33. The van der Waals surface area contributed by atoms with Gasteiger partial charge in [-0.25, -0.2) is 8.42 Å². The molecular formula is C28H31N3O3S. The molecule has 2 aliphatic heterocycles. The highest BCUT2D eigenvalue weighted by Crippen LogP contribution is 2.32. The van der Waals surface area contributed by atoms with Crippen molar-refractivity contribution in [3.05, 3.63) is 101 Å². The number of benzene rings is 3. The molecule has 0 bridgehead atoms. The molecule has 0 radical (unpaired) electrons. The predicted octanol–water partition coefficient (Wildman–Crippen LogP) is 3.95. The Balaban J connectivity index is 1.32. The number of aryl methyl sites for hydroxylation is 1.